The molecule has 1 heterocycles. The van der Waals surface area contributed by atoms with Crippen molar-refractivity contribution in [3.63, 3.8) is 0 Å². The van der Waals surface area contributed by atoms with E-state index in [9.17, 15) is 14.7 Å². The van der Waals surface area contributed by atoms with Gasteiger partial charge in [-0.25, -0.2) is 0 Å². The van der Waals surface area contributed by atoms with E-state index in [0.29, 0.717) is 30.9 Å². The van der Waals surface area contributed by atoms with E-state index in [0.717, 1.165) is 28.9 Å². The van der Waals surface area contributed by atoms with Gasteiger partial charge in [-0.05, 0) is 71.6 Å². The number of allylic oxidation sites excluding steroid dienone is 3. The number of phenolic OH excluding ortho intramolecular Hbond substituents is 1. The van der Waals surface area contributed by atoms with Crippen molar-refractivity contribution in [2.45, 2.75) is 125 Å². The zero-order valence-electron chi connectivity index (χ0n) is 26.0. The maximum absolute atomic E-state index is 12.6. The zero-order valence-corrected chi connectivity index (χ0v) is 26.0. The molecule has 3 N–H and O–H groups in total. The Morgan fingerprint density at radius 1 is 0.872 bits per heavy atom. The van der Waals surface area contributed by atoms with Crippen LogP contribution in [0.25, 0.3) is 0 Å². The predicted molar refractivity (Wildman–Crippen MR) is 157 cm³/mol. The van der Waals surface area contributed by atoms with Crippen LogP contribution >= 0.6 is 0 Å². The van der Waals surface area contributed by atoms with Crippen LogP contribution in [0.1, 0.15) is 119 Å². The van der Waals surface area contributed by atoms with Crippen molar-refractivity contribution >= 4 is 11.8 Å². The van der Waals surface area contributed by atoms with Crippen molar-refractivity contribution in [1.29, 1.82) is 0 Å². The first-order valence-corrected chi connectivity index (χ1v) is 14.3. The summed E-state index contributed by atoms with van der Waals surface area (Å²) >= 11 is 0. The largest absolute Gasteiger partial charge is 0.507 e. The molecule has 1 aliphatic heterocycles. The molecule has 1 aliphatic carbocycles. The summed E-state index contributed by atoms with van der Waals surface area (Å²) in [6.07, 6.45) is 4.84. The number of hydrazine groups is 1. The normalized spacial score (nSPS) is 18.9. The van der Waals surface area contributed by atoms with Crippen molar-refractivity contribution < 1.29 is 19.4 Å². The second-order valence-electron chi connectivity index (χ2n) is 14.9. The van der Waals surface area contributed by atoms with E-state index in [1.54, 1.807) is 0 Å². The Bertz CT molecular complexity index is 1150. The van der Waals surface area contributed by atoms with Crippen molar-refractivity contribution in [2.75, 3.05) is 0 Å². The van der Waals surface area contributed by atoms with Gasteiger partial charge in [0.15, 0.2) is 0 Å². The Hall–Kier alpha value is -2.76. The van der Waals surface area contributed by atoms with E-state index in [-0.39, 0.29) is 40.1 Å². The van der Waals surface area contributed by atoms with Crippen LogP contribution in [0.2, 0.25) is 0 Å². The number of benzene rings is 1. The minimum Gasteiger partial charge on any atom is -0.507 e. The van der Waals surface area contributed by atoms with Crippen molar-refractivity contribution in [1.82, 2.24) is 10.9 Å². The molecule has 6 nitrogen and oxygen atoms in total. The molecular formula is C33H50N2O4. The van der Waals surface area contributed by atoms with E-state index in [4.69, 9.17) is 4.74 Å². The van der Waals surface area contributed by atoms with Gasteiger partial charge in [0.25, 0.3) is 0 Å². The Labute approximate surface area is 235 Å². The van der Waals surface area contributed by atoms with Crippen LogP contribution in [0.15, 0.2) is 35.1 Å². The van der Waals surface area contributed by atoms with E-state index in [1.807, 2.05) is 12.1 Å². The van der Waals surface area contributed by atoms with Crippen molar-refractivity contribution in [3.05, 3.63) is 51.8 Å². The van der Waals surface area contributed by atoms with Gasteiger partial charge in [0.05, 0.1) is 5.92 Å². The van der Waals surface area contributed by atoms with Gasteiger partial charge >= 0.3 is 0 Å². The van der Waals surface area contributed by atoms with E-state index >= 15 is 0 Å². The van der Waals surface area contributed by atoms with Gasteiger partial charge in [-0.15, -0.1) is 0 Å². The van der Waals surface area contributed by atoms with Gasteiger partial charge in [-0.2, -0.15) is 0 Å². The fourth-order valence-electron chi connectivity index (χ4n) is 5.40. The number of fused-ring (bicyclic) bond motifs is 1. The number of phenols is 1. The lowest BCUT2D eigenvalue weighted by Gasteiger charge is -2.51. The van der Waals surface area contributed by atoms with Crippen LogP contribution in [-0.2, 0) is 31.6 Å². The highest BCUT2D eigenvalue weighted by atomic mass is 16.5. The number of aryl methyl sites for hydroxylation is 1. The summed E-state index contributed by atoms with van der Waals surface area (Å²) in [6, 6.07) is 3.99. The van der Waals surface area contributed by atoms with Crippen molar-refractivity contribution in [3.8, 4) is 5.75 Å². The maximum atomic E-state index is 12.6. The minimum absolute atomic E-state index is 0.0230. The molecule has 0 radical (unpaired) electrons. The third-order valence-corrected chi connectivity index (χ3v) is 7.86. The number of ether oxygens (including phenoxy) is 1. The molecule has 1 atom stereocenters. The van der Waals surface area contributed by atoms with Crippen LogP contribution in [0.4, 0.5) is 0 Å². The number of hydrogen-bond acceptors (Lipinski definition) is 4. The number of rotatable bonds is 6. The van der Waals surface area contributed by atoms with Crippen LogP contribution in [0.3, 0.4) is 0 Å². The average molecular weight is 539 g/mol. The number of aromatic hydroxyl groups is 1. The summed E-state index contributed by atoms with van der Waals surface area (Å²) in [7, 11) is 0. The second-order valence-corrected chi connectivity index (χ2v) is 14.9. The summed E-state index contributed by atoms with van der Waals surface area (Å²) in [5.41, 5.74) is 9.74. The summed E-state index contributed by atoms with van der Waals surface area (Å²) in [6.45, 7) is 23.3. The summed E-state index contributed by atoms with van der Waals surface area (Å²) in [4.78, 5) is 25.1. The topological polar surface area (TPSA) is 87.7 Å². The smallest absolute Gasteiger partial charge is 0.238 e. The highest BCUT2D eigenvalue weighted by molar-refractivity contribution is 5.82. The van der Waals surface area contributed by atoms with E-state index in [2.05, 4.69) is 93.1 Å². The van der Waals surface area contributed by atoms with Gasteiger partial charge in [0, 0.05) is 12.8 Å². The molecule has 216 valence electrons. The lowest BCUT2D eigenvalue weighted by atomic mass is 9.69. The van der Waals surface area contributed by atoms with Gasteiger partial charge in [0.1, 0.15) is 17.1 Å². The second kappa shape index (κ2) is 10.7. The number of nitrogens with one attached hydrogen (secondary N) is 2. The van der Waals surface area contributed by atoms with Gasteiger partial charge in [-0.3, -0.25) is 20.4 Å². The van der Waals surface area contributed by atoms with Crippen LogP contribution in [0, 0.1) is 11.3 Å². The Kier molecular flexibility index (Phi) is 8.42. The molecule has 2 aliphatic rings. The highest BCUT2D eigenvalue weighted by Crippen LogP contribution is 2.53. The number of carbonyl (C=O) groups excluding carboxylic acids is 2. The first kappa shape index (κ1) is 30.8. The molecule has 2 amide bonds. The molecule has 6 heteroatoms. The first-order chi connectivity index (χ1) is 17.7. The summed E-state index contributed by atoms with van der Waals surface area (Å²) in [5.74, 6) is 1.35. The molecule has 3 rings (SSSR count). The summed E-state index contributed by atoms with van der Waals surface area (Å²) < 4.78 is 6.11. The SMILES string of the molecule is CC(C)(C)C1=C2OC(C)(C)C2CC(CCC(=O)NNC(=O)CCc2cc(C(C)(C)C)c(O)c(C(C)(C)C)c2)=C1. The maximum Gasteiger partial charge on any atom is 0.238 e. The Morgan fingerprint density at radius 3 is 1.79 bits per heavy atom. The molecule has 0 aromatic heterocycles. The number of amides is 2. The molecule has 39 heavy (non-hydrogen) atoms. The predicted octanol–water partition coefficient (Wildman–Crippen LogP) is 6.90. The minimum atomic E-state index is -0.237. The first-order valence-electron chi connectivity index (χ1n) is 14.3. The highest BCUT2D eigenvalue weighted by Gasteiger charge is 2.49. The lowest BCUT2D eigenvalue weighted by molar-refractivity contribution is -0.129. The molecule has 1 unspecified atom stereocenters. The van der Waals surface area contributed by atoms with Gasteiger partial charge < -0.3 is 9.84 Å². The summed E-state index contributed by atoms with van der Waals surface area (Å²) in [5, 5.41) is 10.9. The fraction of sp³-hybridized carbons (Fsp3) is 0.636. The Balaban J connectivity index is 1.55. The van der Waals surface area contributed by atoms with Gasteiger partial charge in [0.2, 0.25) is 11.8 Å². The third-order valence-electron chi connectivity index (χ3n) is 7.86. The molecule has 1 aromatic carbocycles. The van der Waals surface area contributed by atoms with E-state index < -0.39 is 0 Å². The quantitative estimate of drug-likeness (QED) is 0.344. The molecule has 1 saturated heterocycles. The van der Waals surface area contributed by atoms with Crippen LogP contribution in [0.5, 0.6) is 5.75 Å². The third kappa shape index (κ3) is 7.26. The molecule has 0 spiro atoms. The molecule has 1 fully saturated rings. The molecule has 0 saturated carbocycles. The standard InChI is InChI=1S/C33H50N2O4/c1-30(2,3)22-16-20(17-23(28(22)38)31(4,5)6)12-14-26(36)34-35-27(37)15-13-21-18-24(32(7,8)9)29-25(19-21)33(10,11)39-29/h16-18,25,38H,12-15,19H2,1-11H3,(H,34,36)(H,35,37). The molecule has 0 bridgehead atoms. The zero-order chi connectivity index (χ0) is 29.6. The van der Waals surface area contributed by atoms with Crippen LogP contribution in [-0.4, -0.2) is 22.5 Å². The van der Waals surface area contributed by atoms with Crippen molar-refractivity contribution in [2.24, 2.45) is 11.3 Å². The number of hydrogen-bond donors (Lipinski definition) is 3. The van der Waals surface area contributed by atoms with E-state index in [1.165, 1.54) is 11.1 Å². The average Bonchev–Trinajstić information content (AvgIpc) is 2.78. The number of carbonyl (C=O) groups is 2. The van der Waals surface area contributed by atoms with Crippen LogP contribution < -0.4 is 10.9 Å². The monoisotopic (exact) mass is 538 g/mol. The molecular weight excluding hydrogens is 488 g/mol. The Morgan fingerprint density at radius 2 is 1.36 bits per heavy atom. The van der Waals surface area contributed by atoms with Gasteiger partial charge in [-0.1, -0.05) is 86.1 Å². The lowest BCUT2D eigenvalue weighted by Crippen LogP contribution is -2.49. The fourth-order valence-corrected chi connectivity index (χ4v) is 5.40. The molecule has 1 aromatic rings.